The van der Waals surface area contributed by atoms with Gasteiger partial charge in [-0.1, -0.05) is 0 Å². The van der Waals surface area contributed by atoms with Crippen molar-refractivity contribution in [2.45, 2.75) is 25.3 Å². The fourth-order valence-corrected chi connectivity index (χ4v) is 2.67. The lowest BCUT2D eigenvalue weighted by molar-refractivity contribution is 0.0943. The summed E-state index contributed by atoms with van der Waals surface area (Å²) in [4.78, 5) is 16.6. The van der Waals surface area contributed by atoms with Crippen LogP contribution in [-0.4, -0.2) is 30.9 Å². The highest BCUT2D eigenvalue weighted by atomic mass is 19.1. The van der Waals surface area contributed by atoms with Gasteiger partial charge >= 0.3 is 0 Å². The second kappa shape index (κ2) is 5.15. The van der Waals surface area contributed by atoms with Crippen LogP contribution >= 0.6 is 0 Å². The van der Waals surface area contributed by atoms with Crippen LogP contribution in [0.5, 0.6) is 0 Å². The third-order valence-corrected chi connectivity index (χ3v) is 4.10. The van der Waals surface area contributed by atoms with Crippen molar-refractivity contribution >= 4 is 16.9 Å². The Labute approximate surface area is 130 Å². The van der Waals surface area contributed by atoms with E-state index in [1.54, 1.807) is 6.07 Å². The van der Waals surface area contributed by atoms with E-state index in [4.69, 9.17) is 0 Å². The minimum Gasteiger partial charge on any atom is -0.343 e. The average Bonchev–Trinajstić information content (AvgIpc) is 3.18. The smallest absolute Gasteiger partial charge is 0.274 e. The zero-order chi connectivity index (χ0) is 16.0. The number of aromatic nitrogens is 5. The van der Waals surface area contributed by atoms with Gasteiger partial charge in [-0.3, -0.25) is 4.79 Å². The molecule has 1 fully saturated rings. The molecule has 1 aliphatic carbocycles. The number of rotatable bonds is 4. The molecule has 1 saturated carbocycles. The second-order valence-corrected chi connectivity index (χ2v) is 5.73. The first-order valence-electron chi connectivity index (χ1n) is 7.43. The molecule has 1 aromatic carbocycles. The van der Waals surface area contributed by atoms with Gasteiger partial charge in [0.2, 0.25) is 0 Å². The Morgan fingerprint density at radius 1 is 1.43 bits per heavy atom. The van der Waals surface area contributed by atoms with Gasteiger partial charge in [0.1, 0.15) is 11.6 Å². The molecule has 2 heterocycles. The van der Waals surface area contributed by atoms with Crippen LogP contribution in [0.15, 0.2) is 18.2 Å². The highest BCUT2D eigenvalue weighted by Crippen LogP contribution is 2.39. The molecule has 0 radical (unpaired) electrons. The molecule has 8 heteroatoms. The Bertz CT molecular complexity index is 895. The first-order chi connectivity index (χ1) is 11.1. The fraction of sp³-hybridized carbons (Fsp3) is 0.333. The van der Waals surface area contributed by atoms with E-state index in [0.29, 0.717) is 23.0 Å². The largest absolute Gasteiger partial charge is 0.343 e. The van der Waals surface area contributed by atoms with Crippen LogP contribution in [0.3, 0.4) is 0 Å². The standard InChI is InChI=1S/C15H15FN6O/c1-22-11-5-4-9(16)6-10(11)18-12(22)7-17-15(23)14-13(8-2-3-8)19-21-20-14/h4-6,8H,2-3,7H2,1H3,(H,17,23)(H,19,20,21). The molecule has 4 rings (SSSR count). The van der Waals surface area contributed by atoms with Crippen molar-refractivity contribution in [3.05, 3.63) is 41.2 Å². The van der Waals surface area contributed by atoms with E-state index < -0.39 is 0 Å². The number of amides is 1. The quantitative estimate of drug-likeness (QED) is 0.766. The molecule has 2 N–H and O–H groups in total. The van der Waals surface area contributed by atoms with E-state index in [0.717, 1.165) is 24.1 Å². The number of aromatic amines is 1. The van der Waals surface area contributed by atoms with E-state index in [2.05, 4.69) is 25.7 Å². The Balaban J connectivity index is 1.53. The van der Waals surface area contributed by atoms with Gasteiger partial charge in [-0.15, -0.1) is 0 Å². The first kappa shape index (κ1) is 13.9. The number of nitrogens with zero attached hydrogens (tertiary/aromatic N) is 4. The average molecular weight is 314 g/mol. The molecular formula is C15H15FN6O. The summed E-state index contributed by atoms with van der Waals surface area (Å²) in [5.74, 6) is 0.380. The van der Waals surface area contributed by atoms with Crippen molar-refractivity contribution in [3.63, 3.8) is 0 Å². The van der Waals surface area contributed by atoms with Crippen LogP contribution in [0.4, 0.5) is 4.39 Å². The van der Waals surface area contributed by atoms with Crippen LogP contribution in [0.1, 0.15) is 40.8 Å². The maximum absolute atomic E-state index is 13.3. The molecule has 1 aliphatic rings. The van der Waals surface area contributed by atoms with Gasteiger partial charge in [0.25, 0.3) is 5.91 Å². The summed E-state index contributed by atoms with van der Waals surface area (Å²) in [6, 6.07) is 4.44. The molecule has 7 nitrogen and oxygen atoms in total. The summed E-state index contributed by atoms with van der Waals surface area (Å²) in [6.07, 6.45) is 2.09. The molecule has 118 valence electrons. The SMILES string of the molecule is Cn1c(CNC(=O)c2n[nH]nc2C2CC2)nc2cc(F)ccc21. The molecule has 0 saturated heterocycles. The molecule has 1 amide bonds. The highest BCUT2D eigenvalue weighted by molar-refractivity contribution is 5.93. The summed E-state index contributed by atoms with van der Waals surface area (Å²) < 4.78 is 15.1. The van der Waals surface area contributed by atoms with Crippen LogP contribution in [-0.2, 0) is 13.6 Å². The molecule has 0 unspecified atom stereocenters. The van der Waals surface area contributed by atoms with Gasteiger partial charge in [0.05, 0.1) is 23.3 Å². The van der Waals surface area contributed by atoms with Crippen LogP contribution in [0.2, 0.25) is 0 Å². The number of halogens is 1. The van der Waals surface area contributed by atoms with E-state index in [9.17, 15) is 9.18 Å². The first-order valence-corrected chi connectivity index (χ1v) is 7.43. The van der Waals surface area contributed by atoms with Crippen molar-refractivity contribution in [1.29, 1.82) is 0 Å². The summed E-state index contributed by atoms with van der Waals surface area (Å²) in [6.45, 7) is 0.239. The minimum absolute atomic E-state index is 0.239. The third-order valence-electron chi connectivity index (χ3n) is 4.10. The Hall–Kier alpha value is -2.77. The number of hydrogen-bond donors (Lipinski definition) is 2. The number of hydrogen-bond acceptors (Lipinski definition) is 4. The number of carbonyl (C=O) groups is 1. The third kappa shape index (κ3) is 2.45. The zero-order valence-corrected chi connectivity index (χ0v) is 12.5. The van der Waals surface area contributed by atoms with Crippen LogP contribution < -0.4 is 5.32 Å². The molecule has 2 aromatic heterocycles. The number of H-pyrrole nitrogens is 1. The molecular weight excluding hydrogens is 299 g/mol. The topological polar surface area (TPSA) is 88.5 Å². The van der Waals surface area contributed by atoms with Crippen LogP contribution in [0, 0.1) is 5.82 Å². The summed E-state index contributed by atoms with van der Waals surface area (Å²) in [5, 5.41) is 13.3. The zero-order valence-electron chi connectivity index (χ0n) is 12.5. The van der Waals surface area contributed by atoms with Crippen molar-refractivity contribution in [3.8, 4) is 0 Å². The predicted molar refractivity (Wildman–Crippen MR) is 80.2 cm³/mol. The number of carbonyl (C=O) groups excluding carboxylic acids is 1. The van der Waals surface area contributed by atoms with E-state index in [1.807, 2.05) is 11.6 Å². The summed E-state index contributed by atoms with van der Waals surface area (Å²) in [7, 11) is 1.83. The van der Waals surface area contributed by atoms with Gasteiger partial charge < -0.3 is 9.88 Å². The maximum Gasteiger partial charge on any atom is 0.274 e. The molecule has 0 spiro atoms. The van der Waals surface area contributed by atoms with Gasteiger partial charge in [0, 0.05) is 19.0 Å². The lowest BCUT2D eigenvalue weighted by atomic mass is 10.2. The van der Waals surface area contributed by atoms with Gasteiger partial charge in [-0.05, 0) is 25.0 Å². The predicted octanol–water partition coefficient (Wildman–Crippen LogP) is 1.64. The molecule has 23 heavy (non-hydrogen) atoms. The molecule has 0 aliphatic heterocycles. The summed E-state index contributed by atoms with van der Waals surface area (Å²) in [5.41, 5.74) is 2.46. The Kier molecular flexibility index (Phi) is 3.10. The number of aryl methyl sites for hydroxylation is 1. The van der Waals surface area contributed by atoms with E-state index >= 15 is 0 Å². The highest BCUT2D eigenvalue weighted by Gasteiger charge is 2.31. The molecule has 3 aromatic rings. The molecule has 0 bridgehead atoms. The van der Waals surface area contributed by atoms with E-state index in [-0.39, 0.29) is 18.3 Å². The Morgan fingerprint density at radius 3 is 3.04 bits per heavy atom. The maximum atomic E-state index is 13.3. The molecule has 0 atom stereocenters. The van der Waals surface area contributed by atoms with E-state index in [1.165, 1.54) is 12.1 Å². The normalized spacial score (nSPS) is 14.3. The van der Waals surface area contributed by atoms with Crippen LogP contribution in [0.25, 0.3) is 11.0 Å². The Morgan fingerprint density at radius 2 is 2.26 bits per heavy atom. The number of nitrogens with one attached hydrogen (secondary N) is 2. The van der Waals surface area contributed by atoms with Gasteiger partial charge in [0.15, 0.2) is 5.69 Å². The monoisotopic (exact) mass is 314 g/mol. The minimum atomic E-state index is -0.331. The van der Waals surface area contributed by atoms with Gasteiger partial charge in [-0.25, -0.2) is 9.37 Å². The number of benzene rings is 1. The summed E-state index contributed by atoms with van der Waals surface area (Å²) >= 11 is 0. The van der Waals surface area contributed by atoms with Crippen molar-refractivity contribution in [2.75, 3.05) is 0 Å². The fourth-order valence-electron chi connectivity index (χ4n) is 2.67. The van der Waals surface area contributed by atoms with Crippen molar-refractivity contribution in [1.82, 2.24) is 30.3 Å². The number of fused-ring (bicyclic) bond motifs is 1. The second-order valence-electron chi connectivity index (χ2n) is 5.73. The lowest BCUT2D eigenvalue weighted by Crippen LogP contribution is -2.25. The van der Waals surface area contributed by atoms with Gasteiger partial charge in [-0.2, -0.15) is 15.4 Å². The van der Waals surface area contributed by atoms with Crippen molar-refractivity contribution < 1.29 is 9.18 Å². The lowest BCUT2D eigenvalue weighted by Gasteiger charge is -2.04. The van der Waals surface area contributed by atoms with Crippen molar-refractivity contribution in [2.24, 2.45) is 7.05 Å². The number of imidazole rings is 1.